The Labute approximate surface area is 122 Å². The van der Waals surface area contributed by atoms with E-state index in [2.05, 4.69) is 15.9 Å². The van der Waals surface area contributed by atoms with Gasteiger partial charge in [0.05, 0.1) is 5.02 Å². The summed E-state index contributed by atoms with van der Waals surface area (Å²) >= 11 is 9.22. The highest BCUT2D eigenvalue weighted by molar-refractivity contribution is 9.10. The molecule has 1 aromatic carbocycles. The van der Waals surface area contributed by atoms with Crippen molar-refractivity contribution in [3.8, 4) is 0 Å². The van der Waals surface area contributed by atoms with E-state index in [9.17, 15) is 8.42 Å². The van der Waals surface area contributed by atoms with Gasteiger partial charge in [-0.15, -0.1) is 0 Å². The summed E-state index contributed by atoms with van der Waals surface area (Å²) in [5.41, 5.74) is 0. The Hall–Kier alpha value is -0.140. The zero-order chi connectivity index (χ0) is 13.9. The number of rotatable bonds is 5. The molecule has 0 saturated carbocycles. The smallest absolute Gasteiger partial charge is 0.244 e. The average molecular weight is 356 g/mol. The minimum atomic E-state index is -3.53. The van der Waals surface area contributed by atoms with Crippen LogP contribution in [0.2, 0.25) is 5.02 Å². The zero-order valence-electron chi connectivity index (χ0n) is 10.5. The van der Waals surface area contributed by atoms with Gasteiger partial charge in [-0.2, -0.15) is 4.31 Å². The van der Waals surface area contributed by atoms with Crippen molar-refractivity contribution in [2.75, 3.05) is 34.2 Å². The second-order valence-corrected chi connectivity index (χ2v) is 7.54. The summed E-state index contributed by atoms with van der Waals surface area (Å²) < 4.78 is 26.6. The number of halogens is 2. The molecule has 0 atom stereocenters. The highest BCUT2D eigenvalue weighted by atomic mass is 79.9. The lowest BCUT2D eigenvalue weighted by molar-refractivity contribution is 0.358. The Morgan fingerprint density at radius 2 is 1.83 bits per heavy atom. The van der Waals surface area contributed by atoms with E-state index in [0.717, 1.165) is 4.47 Å². The maximum atomic E-state index is 12.3. The third kappa shape index (κ3) is 3.93. The van der Waals surface area contributed by atoms with Gasteiger partial charge >= 0.3 is 0 Å². The Morgan fingerprint density at radius 3 is 2.33 bits per heavy atom. The molecule has 4 nitrogen and oxygen atoms in total. The lowest BCUT2D eigenvalue weighted by Crippen LogP contribution is -2.33. The van der Waals surface area contributed by atoms with Crippen molar-refractivity contribution in [2.45, 2.75) is 4.90 Å². The molecule has 0 heterocycles. The van der Waals surface area contributed by atoms with Crippen LogP contribution in [-0.2, 0) is 10.0 Å². The van der Waals surface area contributed by atoms with Gasteiger partial charge in [0.15, 0.2) is 0 Å². The molecular weight excluding hydrogens is 340 g/mol. The predicted molar refractivity (Wildman–Crippen MR) is 77.5 cm³/mol. The molecule has 0 radical (unpaired) electrons. The first-order valence-corrected chi connectivity index (χ1v) is 7.92. The Morgan fingerprint density at radius 1 is 1.22 bits per heavy atom. The molecule has 18 heavy (non-hydrogen) atoms. The van der Waals surface area contributed by atoms with Gasteiger partial charge in [0, 0.05) is 24.6 Å². The molecule has 1 aromatic rings. The van der Waals surface area contributed by atoms with Crippen LogP contribution in [0, 0.1) is 0 Å². The van der Waals surface area contributed by atoms with Gasteiger partial charge in [0.1, 0.15) is 4.90 Å². The third-order valence-electron chi connectivity index (χ3n) is 2.44. The van der Waals surface area contributed by atoms with Crippen molar-refractivity contribution >= 4 is 37.6 Å². The average Bonchev–Trinajstić information content (AvgIpc) is 2.24. The van der Waals surface area contributed by atoms with Crippen LogP contribution in [0.4, 0.5) is 0 Å². The van der Waals surface area contributed by atoms with Gasteiger partial charge in [-0.05, 0) is 32.3 Å². The van der Waals surface area contributed by atoms with Crippen molar-refractivity contribution in [1.82, 2.24) is 9.21 Å². The minimum absolute atomic E-state index is 0.133. The largest absolute Gasteiger partial charge is 0.308 e. The molecule has 0 spiro atoms. The number of benzene rings is 1. The molecule has 0 saturated heterocycles. The van der Waals surface area contributed by atoms with Gasteiger partial charge in [-0.1, -0.05) is 27.5 Å². The molecule has 0 aliphatic carbocycles. The standard InChI is InChI=1S/C11H16BrClN2O2S/c1-14(2)6-7-15(3)18(16,17)11-5-4-9(12)8-10(11)13/h4-5,8H,6-7H2,1-3H3. The SMILES string of the molecule is CN(C)CCN(C)S(=O)(=O)c1ccc(Br)cc1Cl. The normalized spacial score (nSPS) is 12.4. The van der Waals surface area contributed by atoms with Gasteiger partial charge in [-0.25, -0.2) is 8.42 Å². The first kappa shape index (κ1) is 15.9. The number of likely N-dealkylation sites (N-methyl/N-ethyl adjacent to an activating group) is 2. The Kier molecular flexibility index (Phi) is 5.61. The van der Waals surface area contributed by atoms with Crippen LogP contribution >= 0.6 is 27.5 Å². The van der Waals surface area contributed by atoms with E-state index in [0.29, 0.717) is 13.1 Å². The number of sulfonamides is 1. The minimum Gasteiger partial charge on any atom is -0.308 e. The summed E-state index contributed by atoms with van der Waals surface area (Å²) in [6, 6.07) is 4.75. The summed E-state index contributed by atoms with van der Waals surface area (Å²) in [6.45, 7) is 1.08. The van der Waals surface area contributed by atoms with E-state index in [4.69, 9.17) is 11.6 Å². The van der Waals surface area contributed by atoms with Gasteiger partial charge in [0.25, 0.3) is 0 Å². The molecular formula is C11H16BrClN2O2S. The Bertz CT molecular complexity index is 520. The number of nitrogens with zero attached hydrogens (tertiary/aromatic N) is 2. The molecule has 7 heteroatoms. The zero-order valence-corrected chi connectivity index (χ0v) is 13.7. The van der Waals surface area contributed by atoms with Crippen molar-refractivity contribution in [3.05, 3.63) is 27.7 Å². The first-order valence-electron chi connectivity index (χ1n) is 5.31. The van der Waals surface area contributed by atoms with Gasteiger partial charge < -0.3 is 4.90 Å². The predicted octanol–water partition coefficient (Wildman–Crippen LogP) is 2.28. The van der Waals surface area contributed by atoms with Crippen LogP contribution in [0.5, 0.6) is 0 Å². The fourth-order valence-corrected chi connectivity index (χ4v) is 3.48. The van der Waals surface area contributed by atoms with Crippen molar-refractivity contribution < 1.29 is 8.42 Å². The highest BCUT2D eigenvalue weighted by Crippen LogP contribution is 2.27. The van der Waals surface area contributed by atoms with Crippen LogP contribution in [0.3, 0.4) is 0 Å². The van der Waals surface area contributed by atoms with E-state index in [1.54, 1.807) is 19.2 Å². The molecule has 0 aliphatic heterocycles. The molecule has 0 aliphatic rings. The summed E-state index contributed by atoms with van der Waals surface area (Å²) in [4.78, 5) is 2.06. The van der Waals surface area contributed by atoms with E-state index < -0.39 is 10.0 Å². The van der Waals surface area contributed by atoms with Crippen molar-refractivity contribution in [2.24, 2.45) is 0 Å². The molecule has 0 unspecified atom stereocenters. The summed E-state index contributed by atoms with van der Waals surface area (Å²) in [5.74, 6) is 0. The van der Waals surface area contributed by atoms with Crippen LogP contribution in [-0.4, -0.2) is 51.9 Å². The summed E-state index contributed by atoms with van der Waals surface area (Å²) in [7, 11) is 1.82. The maximum Gasteiger partial charge on any atom is 0.244 e. The van der Waals surface area contributed by atoms with Crippen molar-refractivity contribution in [1.29, 1.82) is 0 Å². The third-order valence-corrected chi connectivity index (χ3v) is 5.28. The van der Waals surface area contributed by atoms with E-state index >= 15 is 0 Å². The quantitative estimate of drug-likeness (QED) is 0.813. The van der Waals surface area contributed by atoms with Crippen LogP contribution < -0.4 is 0 Å². The fraction of sp³-hybridized carbons (Fsp3) is 0.455. The summed E-state index contributed by atoms with van der Waals surface area (Å²) in [6.07, 6.45) is 0. The molecule has 102 valence electrons. The molecule has 0 N–H and O–H groups in total. The number of hydrogen-bond donors (Lipinski definition) is 0. The lowest BCUT2D eigenvalue weighted by Gasteiger charge is -2.20. The second-order valence-electron chi connectivity index (χ2n) is 4.20. The monoisotopic (exact) mass is 354 g/mol. The van der Waals surface area contributed by atoms with E-state index in [1.165, 1.54) is 10.4 Å². The number of hydrogen-bond acceptors (Lipinski definition) is 3. The highest BCUT2D eigenvalue weighted by Gasteiger charge is 2.23. The van der Waals surface area contributed by atoms with E-state index in [-0.39, 0.29) is 9.92 Å². The van der Waals surface area contributed by atoms with Gasteiger partial charge in [-0.3, -0.25) is 0 Å². The van der Waals surface area contributed by atoms with Crippen LogP contribution in [0.1, 0.15) is 0 Å². The molecule has 0 fully saturated rings. The molecule has 1 rings (SSSR count). The Balaban J connectivity index is 2.98. The molecule has 0 aromatic heterocycles. The van der Waals surface area contributed by atoms with Crippen molar-refractivity contribution in [3.63, 3.8) is 0 Å². The first-order chi connectivity index (χ1) is 8.25. The second kappa shape index (κ2) is 6.34. The topological polar surface area (TPSA) is 40.6 Å². The molecule has 0 bridgehead atoms. The van der Waals surface area contributed by atoms with Crippen LogP contribution in [0.15, 0.2) is 27.6 Å². The van der Waals surface area contributed by atoms with Gasteiger partial charge in [0.2, 0.25) is 10.0 Å². The molecule has 0 amide bonds. The van der Waals surface area contributed by atoms with E-state index in [1.807, 2.05) is 19.0 Å². The van der Waals surface area contributed by atoms with Crippen LogP contribution in [0.25, 0.3) is 0 Å². The fourth-order valence-electron chi connectivity index (χ4n) is 1.31. The maximum absolute atomic E-state index is 12.3. The summed E-state index contributed by atoms with van der Waals surface area (Å²) in [5, 5.41) is 0.223. The lowest BCUT2D eigenvalue weighted by atomic mass is 10.4.